The third kappa shape index (κ3) is 3.06. The summed E-state index contributed by atoms with van der Waals surface area (Å²) >= 11 is 0. The van der Waals surface area contributed by atoms with Gasteiger partial charge in [0, 0.05) is 5.56 Å². The maximum atomic E-state index is 13.0. The molecule has 1 aromatic heterocycles. The average molecular weight is 388 g/mol. The second-order valence-electron chi connectivity index (χ2n) is 7.24. The first-order chi connectivity index (χ1) is 14.2. The van der Waals surface area contributed by atoms with Gasteiger partial charge in [0.25, 0.3) is 0 Å². The van der Waals surface area contributed by atoms with E-state index in [9.17, 15) is 4.79 Å². The van der Waals surface area contributed by atoms with Gasteiger partial charge in [-0.2, -0.15) is 0 Å². The number of fused-ring (bicyclic) bond motifs is 1. The molecule has 0 saturated heterocycles. The van der Waals surface area contributed by atoms with Crippen molar-refractivity contribution in [1.29, 1.82) is 0 Å². The summed E-state index contributed by atoms with van der Waals surface area (Å²) in [4.78, 5) is 17.5. The number of hydrogen-bond donors (Lipinski definition) is 1. The smallest absolute Gasteiger partial charge is 0.235 e. The molecule has 29 heavy (non-hydrogen) atoms. The zero-order valence-electron chi connectivity index (χ0n) is 16.0. The number of para-hydroxylation sites is 1. The van der Waals surface area contributed by atoms with Crippen molar-refractivity contribution in [3.8, 4) is 28.5 Å². The minimum atomic E-state index is -0.512. The third-order valence-electron chi connectivity index (χ3n) is 5.51. The fourth-order valence-electron chi connectivity index (χ4n) is 3.70. The number of anilines is 1. The van der Waals surface area contributed by atoms with E-state index < -0.39 is 5.41 Å². The molecule has 0 spiro atoms. The monoisotopic (exact) mass is 388 g/mol. The van der Waals surface area contributed by atoms with Crippen LogP contribution in [0.3, 0.4) is 0 Å². The second-order valence-corrected chi connectivity index (χ2v) is 7.24. The van der Waals surface area contributed by atoms with Crippen LogP contribution in [0.25, 0.3) is 11.3 Å². The van der Waals surface area contributed by atoms with E-state index in [2.05, 4.69) is 10.3 Å². The fourth-order valence-corrected chi connectivity index (χ4v) is 3.70. The van der Waals surface area contributed by atoms with Crippen LogP contribution >= 0.6 is 0 Å². The van der Waals surface area contributed by atoms with Crippen LogP contribution in [0.5, 0.6) is 17.2 Å². The number of nitrogens with one attached hydrogen (secondary N) is 1. The zero-order valence-corrected chi connectivity index (χ0v) is 16.0. The summed E-state index contributed by atoms with van der Waals surface area (Å²) < 4.78 is 16.2. The summed E-state index contributed by atoms with van der Waals surface area (Å²) in [7, 11) is 1.64. The van der Waals surface area contributed by atoms with Crippen molar-refractivity contribution < 1.29 is 19.0 Å². The van der Waals surface area contributed by atoms with E-state index in [0.717, 1.165) is 41.2 Å². The summed E-state index contributed by atoms with van der Waals surface area (Å²) in [6.07, 6.45) is 3.30. The van der Waals surface area contributed by atoms with Crippen molar-refractivity contribution in [3.63, 3.8) is 0 Å². The minimum Gasteiger partial charge on any atom is -0.496 e. The molecule has 0 unspecified atom stereocenters. The first-order valence-electron chi connectivity index (χ1n) is 9.51. The number of carbonyl (C=O) groups excluding carboxylic acids is 1. The van der Waals surface area contributed by atoms with Crippen LogP contribution in [0.4, 0.5) is 5.69 Å². The number of hydrogen-bond acceptors (Lipinski definition) is 5. The van der Waals surface area contributed by atoms with Gasteiger partial charge in [0.2, 0.25) is 12.7 Å². The Labute approximate surface area is 168 Å². The molecule has 0 radical (unpaired) electrons. The third-order valence-corrected chi connectivity index (χ3v) is 5.51. The van der Waals surface area contributed by atoms with Gasteiger partial charge in [0.05, 0.1) is 30.1 Å². The number of pyridine rings is 1. The first kappa shape index (κ1) is 17.6. The van der Waals surface area contributed by atoms with Crippen molar-refractivity contribution in [2.24, 2.45) is 0 Å². The van der Waals surface area contributed by atoms with Gasteiger partial charge in [-0.25, -0.2) is 0 Å². The van der Waals surface area contributed by atoms with E-state index in [0.29, 0.717) is 11.4 Å². The summed E-state index contributed by atoms with van der Waals surface area (Å²) in [5.41, 5.74) is 2.81. The lowest BCUT2D eigenvalue weighted by Crippen LogP contribution is -2.27. The number of carbonyl (C=O) groups is 1. The predicted octanol–water partition coefficient (Wildman–Crippen LogP) is 4.16. The van der Waals surface area contributed by atoms with Gasteiger partial charge >= 0.3 is 0 Å². The summed E-state index contributed by atoms with van der Waals surface area (Å²) in [6.45, 7) is 0.224. The van der Waals surface area contributed by atoms with Crippen LogP contribution in [-0.4, -0.2) is 24.8 Å². The van der Waals surface area contributed by atoms with Crippen molar-refractivity contribution in [1.82, 2.24) is 4.98 Å². The molecule has 1 amide bonds. The van der Waals surface area contributed by atoms with Crippen molar-refractivity contribution in [2.45, 2.75) is 18.3 Å². The van der Waals surface area contributed by atoms with E-state index in [1.54, 1.807) is 13.3 Å². The van der Waals surface area contributed by atoms with E-state index in [1.165, 1.54) is 0 Å². The van der Waals surface area contributed by atoms with E-state index >= 15 is 0 Å². The maximum absolute atomic E-state index is 13.0. The van der Waals surface area contributed by atoms with Crippen LogP contribution in [0.15, 0.2) is 60.8 Å². The van der Waals surface area contributed by atoms with Gasteiger partial charge in [0.15, 0.2) is 11.5 Å². The lowest BCUT2D eigenvalue weighted by atomic mass is 9.94. The van der Waals surface area contributed by atoms with Crippen LogP contribution in [0.1, 0.15) is 18.4 Å². The van der Waals surface area contributed by atoms with Crippen LogP contribution in [-0.2, 0) is 10.2 Å². The largest absolute Gasteiger partial charge is 0.496 e. The van der Waals surface area contributed by atoms with Crippen molar-refractivity contribution in [2.75, 3.05) is 19.2 Å². The molecule has 146 valence electrons. The molecule has 2 heterocycles. The second kappa shape index (κ2) is 6.81. The molecule has 0 bridgehead atoms. The molecule has 1 fully saturated rings. The molecule has 0 atom stereocenters. The Hall–Kier alpha value is -3.54. The molecule has 2 aromatic carbocycles. The standard InChI is InChI=1S/C23H20N2O4/c1-27-19-5-3-2-4-17(19)18-8-7-16(13-24-18)25-22(26)23(10-11-23)15-6-9-20-21(12-15)29-14-28-20/h2-9,12-13H,10-11,14H2,1H3,(H,25,26). The lowest BCUT2D eigenvalue weighted by Gasteiger charge is -2.16. The van der Waals surface area contributed by atoms with Crippen LogP contribution < -0.4 is 19.5 Å². The number of methoxy groups -OCH3 is 1. The van der Waals surface area contributed by atoms with Gasteiger partial charge in [-0.3, -0.25) is 9.78 Å². The maximum Gasteiger partial charge on any atom is 0.235 e. The Morgan fingerprint density at radius 1 is 1.07 bits per heavy atom. The molecular weight excluding hydrogens is 368 g/mol. The molecule has 1 aliphatic carbocycles. The molecule has 3 aromatic rings. The molecule has 1 aliphatic heterocycles. The number of rotatable bonds is 5. The molecule has 1 N–H and O–H groups in total. The number of aromatic nitrogens is 1. The number of amides is 1. The Morgan fingerprint density at radius 2 is 1.90 bits per heavy atom. The van der Waals surface area contributed by atoms with Gasteiger partial charge in [-0.15, -0.1) is 0 Å². The normalized spacial score (nSPS) is 15.6. The van der Waals surface area contributed by atoms with Gasteiger partial charge < -0.3 is 19.5 Å². The van der Waals surface area contributed by atoms with Crippen molar-refractivity contribution >= 4 is 11.6 Å². The first-order valence-corrected chi connectivity index (χ1v) is 9.51. The van der Waals surface area contributed by atoms with Gasteiger partial charge in [-0.05, 0) is 54.8 Å². The molecular formula is C23H20N2O4. The highest BCUT2D eigenvalue weighted by Gasteiger charge is 2.51. The minimum absolute atomic E-state index is 0.0248. The molecule has 6 nitrogen and oxygen atoms in total. The zero-order chi connectivity index (χ0) is 19.8. The average Bonchev–Trinajstić information content (AvgIpc) is 3.45. The Kier molecular flexibility index (Phi) is 4.12. The topological polar surface area (TPSA) is 69.7 Å². The van der Waals surface area contributed by atoms with Crippen molar-refractivity contribution in [3.05, 3.63) is 66.4 Å². The molecule has 5 rings (SSSR count). The number of benzene rings is 2. The predicted molar refractivity (Wildman–Crippen MR) is 108 cm³/mol. The van der Waals surface area contributed by atoms with Crippen LogP contribution in [0.2, 0.25) is 0 Å². The molecule has 2 aliphatic rings. The van der Waals surface area contributed by atoms with Gasteiger partial charge in [0.1, 0.15) is 5.75 Å². The Bertz CT molecular complexity index is 1070. The highest BCUT2D eigenvalue weighted by Crippen LogP contribution is 2.51. The number of ether oxygens (including phenoxy) is 3. The fraction of sp³-hybridized carbons (Fsp3) is 0.217. The number of nitrogens with zero attached hydrogens (tertiary/aromatic N) is 1. The van der Waals surface area contributed by atoms with E-state index in [-0.39, 0.29) is 12.7 Å². The highest BCUT2D eigenvalue weighted by atomic mass is 16.7. The quantitative estimate of drug-likeness (QED) is 0.711. The Morgan fingerprint density at radius 3 is 2.66 bits per heavy atom. The highest BCUT2D eigenvalue weighted by molar-refractivity contribution is 6.01. The molecule has 1 saturated carbocycles. The van der Waals surface area contributed by atoms with E-state index in [4.69, 9.17) is 14.2 Å². The molecule has 6 heteroatoms. The van der Waals surface area contributed by atoms with E-state index in [1.807, 2.05) is 54.6 Å². The van der Waals surface area contributed by atoms with Gasteiger partial charge in [-0.1, -0.05) is 18.2 Å². The summed E-state index contributed by atoms with van der Waals surface area (Å²) in [6, 6.07) is 17.2. The Balaban J connectivity index is 1.35. The van der Waals surface area contributed by atoms with Crippen LogP contribution in [0, 0.1) is 0 Å². The lowest BCUT2D eigenvalue weighted by molar-refractivity contribution is -0.118. The SMILES string of the molecule is COc1ccccc1-c1ccc(NC(=O)C2(c3ccc4c(c3)OCO4)CC2)cn1. The summed E-state index contributed by atoms with van der Waals surface area (Å²) in [5.74, 6) is 2.16. The summed E-state index contributed by atoms with van der Waals surface area (Å²) in [5, 5.41) is 3.01.